The van der Waals surface area contributed by atoms with Gasteiger partial charge in [-0.15, -0.1) is 11.3 Å². The van der Waals surface area contributed by atoms with Gasteiger partial charge in [-0.05, 0) is 51.0 Å². The van der Waals surface area contributed by atoms with Crippen LogP contribution < -0.4 is 0 Å². The van der Waals surface area contributed by atoms with Crippen LogP contribution in [0.15, 0.2) is 40.8 Å². The summed E-state index contributed by atoms with van der Waals surface area (Å²) in [5, 5.41) is 0.744. The lowest BCUT2D eigenvalue weighted by Crippen LogP contribution is -2.31. The first-order valence-corrected chi connectivity index (χ1v) is 10.2. The number of amides is 1. The molecule has 3 aromatic heterocycles. The van der Waals surface area contributed by atoms with E-state index in [0.29, 0.717) is 10.6 Å². The number of aryl methyl sites for hydroxylation is 2. The number of benzene rings is 1. The van der Waals surface area contributed by atoms with Crippen molar-refractivity contribution in [1.82, 2.24) is 19.9 Å². The van der Waals surface area contributed by atoms with E-state index in [1.165, 1.54) is 11.3 Å². The summed E-state index contributed by atoms with van der Waals surface area (Å²) in [7, 11) is 0. The first-order valence-electron chi connectivity index (χ1n) is 9.40. The molecule has 5 rings (SSSR count). The second-order valence-corrected chi connectivity index (χ2v) is 8.14. The van der Waals surface area contributed by atoms with Gasteiger partial charge in [0.15, 0.2) is 10.8 Å². The predicted octanol–water partition coefficient (Wildman–Crippen LogP) is 4.87. The molecule has 4 aromatic rings. The van der Waals surface area contributed by atoms with Crippen LogP contribution in [0.2, 0.25) is 0 Å². The normalized spacial score (nSPS) is 16.9. The zero-order valence-electron chi connectivity index (χ0n) is 15.7. The fourth-order valence-corrected chi connectivity index (χ4v) is 4.79. The number of carbonyl (C=O) groups is 1. The molecule has 4 heterocycles. The minimum absolute atomic E-state index is 0.0208. The molecule has 1 aliphatic heterocycles. The van der Waals surface area contributed by atoms with Crippen LogP contribution in [0.3, 0.4) is 0 Å². The average molecular weight is 392 g/mol. The minimum Gasteiger partial charge on any atom is -0.459 e. The van der Waals surface area contributed by atoms with Crippen molar-refractivity contribution in [1.29, 1.82) is 0 Å². The number of likely N-dealkylation sites (tertiary alicyclic amines) is 1. The van der Waals surface area contributed by atoms with Gasteiger partial charge in [0.2, 0.25) is 0 Å². The Balaban J connectivity index is 1.46. The van der Waals surface area contributed by atoms with Gasteiger partial charge in [0, 0.05) is 6.54 Å². The summed E-state index contributed by atoms with van der Waals surface area (Å²) in [6.45, 7) is 4.51. The number of rotatable bonds is 3. The van der Waals surface area contributed by atoms with E-state index >= 15 is 0 Å². The molecular weight excluding hydrogens is 372 g/mol. The second-order valence-electron chi connectivity index (χ2n) is 7.14. The van der Waals surface area contributed by atoms with Gasteiger partial charge in [-0.25, -0.2) is 9.97 Å². The molecule has 1 fully saturated rings. The molecule has 6 nitrogen and oxygen atoms in total. The summed E-state index contributed by atoms with van der Waals surface area (Å²) < 4.78 is 5.68. The summed E-state index contributed by atoms with van der Waals surface area (Å²) in [6, 6.07) is 11.7. The van der Waals surface area contributed by atoms with Crippen LogP contribution in [0.25, 0.3) is 21.8 Å². The largest absolute Gasteiger partial charge is 0.459 e. The molecule has 0 unspecified atom stereocenters. The summed E-state index contributed by atoms with van der Waals surface area (Å²) >= 11 is 1.40. The molecule has 0 saturated carbocycles. The molecule has 1 aliphatic rings. The van der Waals surface area contributed by atoms with Crippen molar-refractivity contribution >= 4 is 28.3 Å². The van der Waals surface area contributed by atoms with Gasteiger partial charge in [0.1, 0.15) is 16.5 Å². The monoisotopic (exact) mass is 392 g/mol. The molecule has 0 radical (unpaired) electrons. The number of carbonyl (C=O) groups excluding carboxylic acids is 1. The second kappa shape index (κ2) is 6.60. The topological polar surface area (TPSA) is 75.0 Å². The molecule has 0 spiro atoms. The highest BCUT2D eigenvalue weighted by atomic mass is 32.1. The molecule has 1 N–H and O–H groups in total. The Hall–Kier alpha value is -2.93. The van der Waals surface area contributed by atoms with Gasteiger partial charge in [0.05, 0.1) is 22.8 Å². The standard InChI is InChI=1S/C21H20N4O2S/c1-12-9-10-17(27-12)20-22-13(2)18(28-20)21(26)25-11-5-8-16(25)19-23-14-6-3-4-7-15(14)24-19/h3-4,6-7,9-10,16H,5,8,11H2,1-2H3,(H,23,24)/t16-/m0/s1. The van der Waals surface area contributed by atoms with Crippen LogP contribution in [-0.2, 0) is 0 Å². The summed E-state index contributed by atoms with van der Waals surface area (Å²) in [4.78, 5) is 28.6. The van der Waals surface area contributed by atoms with Crippen molar-refractivity contribution < 1.29 is 9.21 Å². The number of nitrogens with zero attached hydrogens (tertiary/aromatic N) is 3. The molecule has 1 amide bonds. The van der Waals surface area contributed by atoms with Gasteiger partial charge >= 0.3 is 0 Å². The maximum Gasteiger partial charge on any atom is 0.266 e. The number of hydrogen-bond donors (Lipinski definition) is 1. The average Bonchev–Trinajstić information content (AvgIpc) is 3.46. The predicted molar refractivity (Wildman–Crippen MR) is 108 cm³/mol. The van der Waals surface area contributed by atoms with Gasteiger partial charge in [-0.3, -0.25) is 4.79 Å². The van der Waals surface area contributed by atoms with Gasteiger partial charge in [-0.1, -0.05) is 12.1 Å². The number of nitrogens with one attached hydrogen (secondary N) is 1. The summed E-state index contributed by atoms with van der Waals surface area (Å²) in [5.41, 5.74) is 2.68. The van der Waals surface area contributed by atoms with Crippen molar-refractivity contribution in [3.8, 4) is 10.8 Å². The third-order valence-electron chi connectivity index (χ3n) is 5.18. The van der Waals surface area contributed by atoms with Crippen molar-refractivity contribution in [2.75, 3.05) is 6.54 Å². The quantitative estimate of drug-likeness (QED) is 0.539. The number of fused-ring (bicyclic) bond motifs is 1. The highest BCUT2D eigenvalue weighted by molar-refractivity contribution is 7.17. The van der Waals surface area contributed by atoms with E-state index in [1.807, 2.05) is 55.1 Å². The first kappa shape index (κ1) is 17.2. The Kier molecular flexibility index (Phi) is 4.05. The molecule has 1 atom stereocenters. The SMILES string of the molecule is Cc1ccc(-c2nc(C)c(C(=O)N3CCC[C@H]3c3nc4ccccc4[nH]3)s2)o1. The third-order valence-corrected chi connectivity index (χ3v) is 6.34. The molecule has 142 valence electrons. The molecular formula is C21H20N4O2S. The molecule has 7 heteroatoms. The highest BCUT2D eigenvalue weighted by Crippen LogP contribution is 2.36. The fourth-order valence-electron chi connectivity index (χ4n) is 3.80. The lowest BCUT2D eigenvalue weighted by molar-refractivity contribution is 0.0734. The van der Waals surface area contributed by atoms with Crippen LogP contribution in [0, 0.1) is 13.8 Å². The van der Waals surface area contributed by atoms with E-state index in [-0.39, 0.29) is 11.9 Å². The van der Waals surface area contributed by atoms with Crippen LogP contribution in [0.1, 0.15) is 45.8 Å². The van der Waals surface area contributed by atoms with Gasteiger partial charge in [-0.2, -0.15) is 0 Å². The van der Waals surface area contributed by atoms with Crippen LogP contribution >= 0.6 is 11.3 Å². The van der Waals surface area contributed by atoms with Crippen LogP contribution in [0.4, 0.5) is 0 Å². The lowest BCUT2D eigenvalue weighted by atomic mass is 10.2. The maximum absolute atomic E-state index is 13.3. The number of furan rings is 1. The number of thiazole rings is 1. The number of H-pyrrole nitrogens is 1. The zero-order chi connectivity index (χ0) is 19.3. The molecule has 1 saturated heterocycles. The molecule has 0 aliphatic carbocycles. The summed E-state index contributed by atoms with van der Waals surface area (Å²) in [5.74, 6) is 2.42. The minimum atomic E-state index is -0.0318. The maximum atomic E-state index is 13.3. The number of para-hydroxylation sites is 2. The summed E-state index contributed by atoms with van der Waals surface area (Å²) in [6.07, 6.45) is 1.88. The van der Waals surface area contributed by atoms with Crippen LogP contribution in [-0.4, -0.2) is 32.3 Å². The van der Waals surface area contributed by atoms with Crippen LogP contribution in [0.5, 0.6) is 0 Å². The fraction of sp³-hybridized carbons (Fsp3) is 0.286. The number of hydrogen-bond acceptors (Lipinski definition) is 5. The Bertz CT molecular complexity index is 1140. The molecule has 0 bridgehead atoms. The third kappa shape index (κ3) is 2.82. The number of aromatic nitrogens is 3. The van der Waals surface area contributed by atoms with Crippen molar-refractivity contribution in [3.63, 3.8) is 0 Å². The van der Waals surface area contributed by atoms with E-state index in [1.54, 1.807) is 0 Å². The Morgan fingerprint density at radius 2 is 2.07 bits per heavy atom. The van der Waals surface area contributed by atoms with Gasteiger partial charge < -0.3 is 14.3 Å². The zero-order valence-corrected chi connectivity index (χ0v) is 16.5. The van der Waals surface area contributed by atoms with Crippen molar-refractivity contribution in [2.24, 2.45) is 0 Å². The van der Waals surface area contributed by atoms with E-state index in [2.05, 4.69) is 9.97 Å². The van der Waals surface area contributed by atoms with Crippen molar-refractivity contribution in [3.05, 3.63) is 58.6 Å². The van der Waals surface area contributed by atoms with E-state index in [9.17, 15) is 4.79 Å². The number of aromatic amines is 1. The van der Waals surface area contributed by atoms with E-state index in [0.717, 1.165) is 52.7 Å². The Morgan fingerprint density at radius 1 is 1.21 bits per heavy atom. The lowest BCUT2D eigenvalue weighted by Gasteiger charge is -2.22. The van der Waals surface area contributed by atoms with E-state index in [4.69, 9.17) is 9.40 Å². The van der Waals surface area contributed by atoms with Crippen molar-refractivity contribution in [2.45, 2.75) is 32.7 Å². The highest BCUT2D eigenvalue weighted by Gasteiger charge is 2.34. The first-order chi connectivity index (χ1) is 13.6. The van der Waals surface area contributed by atoms with Gasteiger partial charge in [0.25, 0.3) is 5.91 Å². The Morgan fingerprint density at radius 3 is 2.86 bits per heavy atom. The molecule has 1 aromatic carbocycles. The smallest absolute Gasteiger partial charge is 0.266 e. The number of imidazole rings is 1. The van der Waals surface area contributed by atoms with E-state index < -0.39 is 0 Å². The molecule has 28 heavy (non-hydrogen) atoms. The Labute approximate surface area is 166 Å².